The van der Waals surface area contributed by atoms with Gasteiger partial charge in [0, 0.05) is 17.3 Å². The molecule has 2 aromatic heterocycles. The second kappa shape index (κ2) is 8.31. The molecule has 3 heterocycles. The summed E-state index contributed by atoms with van der Waals surface area (Å²) in [4.78, 5) is 16.2. The molecule has 4 rings (SSSR count). The van der Waals surface area contributed by atoms with E-state index in [2.05, 4.69) is 15.6 Å². The van der Waals surface area contributed by atoms with Crippen molar-refractivity contribution in [3.8, 4) is 11.6 Å². The number of aromatic nitrogens is 2. The van der Waals surface area contributed by atoms with Gasteiger partial charge in [0.05, 0.1) is 18.3 Å². The predicted molar refractivity (Wildman–Crippen MR) is 108 cm³/mol. The van der Waals surface area contributed by atoms with Gasteiger partial charge in [0.15, 0.2) is 0 Å². The third-order valence-electron chi connectivity index (χ3n) is 4.77. The van der Waals surface area contributed by atoms with Gasteiger partial charge in [-0.3, -0.25) is 5.32 Å². The molecule has 1 amide bonds. The third-order valence-corrected chi connectivity index (χ3v) is 4.77. The van der Waals surface area contributed by atoms with Crippen molar-refractivity contribution >= 4 is 22.7 Å². The summed E-state index contributed by atoms with van der Waals surface area (Å²) < 4.78 is 13.0. The highest BCUT2D eigenvalue weighted by atomic mass is 16.5. The Labute approximate surface area is 163 Å². The van der Waals surface area contributed by atoms with Gasteiger partial charge in [0.25, 0.3) is 0 Å². The van der Waals surface area contributed by atoms with Crippen molar-refractivity contribution in [1.82, 2.24) is 14.9 Å². The number of rotatable bonds is 5. The quantitative estimate of drug-likeness (QED) is 0.705. The lowest BCUT2D eigenvalue weighted by Crippen LogP contribution is -2.34. The Morgan fingerprint density at radius 1 is 1.25 bits per heavy atom. The van der Waals surface area contributed by atoms with Gasteiger partial charge < -0.3 is 19.4 Å². The molecule has 0 unspecified atom stereocenters. The van der Waals surface area contributed by atoms with Gasteiger partial charge >= 0.3 is 6.09 Å². The van der Waals surface area contributed by atoms with Crippen LogP contribution in [0.1, 0.15) is 19.8 Å². The predicted octanol–water partition coefficient (Wildman–Crippen LogP) is 3.72. The highest BCUT2D eigenvalue weighted by molar-refractivity contribution is 5.90. The summed E-state index contributed by atoms with van der Waals surface area (Å²) in [5.74, 6) is 1.62. The lowest BCUT2D eigenvalue weighted by atomic mass is 10.1. The minimum atomic E-state index is -0.452. The number of nitrogens with zero attached hydrogens (tertiary/aromatic N) is 2. The van der Waals surface area contributed by atoms with Crippen LogP contribution in [0.2, 0.25) is 0 Å². The van der Waals surface area contributed by atoms with Crippen molar-refractivity contribution in [2.75, 3.05) is 25.0 Å². The van der Waals surface area contributed by atoms with Crippen LogP contribution in [0.3, 0.4) is 0 Å². The average molecular weight is 380 g/mol. The van der Waals surface area contributed by atoms with Gasteiger partial charge in [0.1, 0.15) is 17.7 Å². The Morgan fingerprint density at radius 2 is 2.11 bits per heavy atom. The summed E-state index contributed by atoms with van der Waals surface area (Å²) in [6, 6.07) is 11.6. The van der Waals surface area contributed by atoms with Crippen molar-refractivity contribution in [1.29, 1.82) is 0 Å². The number of amides is 1. The van der Waals surface area contributed by atoms with Crippen LogP contribution in [-0.4, -0.2) is 41.4 Å². The fourth-order valence-electron chi connectivity index (χ4n) is 3.40. The van der Waals surface area contributed by atoms with Crippen LogP contribution < -0.4 is 15.4 Å². The summed E-state index contributed by atoms with van der Waals surface area (Å²) >= 11 is 0. The molecule has 0 aliphatic carbocycles. The lowest BCUT2D eigenvalue weighted by molar-refractivity contribution is 0.162. The van der Waals surface area contributed by atoms with Crippen molar-refractivity contribution in [2.45, 2.75) is 25.9 Å². The summed E-state index contributed by atoms with van der Waals surface area (Å²) in [6.07, 6.45) is 5.59. The van der Waals surface area contributed by atoms with E-state index < -0.39 is 6.09 Å². The average Bonchev–Trinajstić information content (AvgIpc) is 3.13. The first-order valence-electron chi connectivity index (χ1n) is 9.61. The molecule has 1 aromatic carbocycles. The Bertz CT molecular complexity index is 946. The summed E-state index contributed by atoms with van der Waals surface area (Å²) in [5.41, 5.74) is 1.70. The van der Waals surface area contributed by atoms with Crippen molar-refractivity contribution in [3.05, 3.63) is 48.8 Å². The molecular formula is C21H24N4O3. The van der Waals surface area contributed by atoms with Gasteiger partial charge in [0.2, 0.25) is 0 Å². The lowest BCUT2D eigenvalue weighted by Gasteiger charge is -2.23. The molecule has 146 valence electrons. The van der Waals surface area contributed by atoms with Crippen LogP contribution in [-0.2, 0) is 4.74 Å². The highest BCUT2D eigenvalue weighted by Crippen LogP contribution is 2.24. The molecule has 0 atom stereocenters. The van der Waals surface area contributed by atoms with Crippen LogP contribution in [0, 0.1) is 0 Å². The second-order valence-electron chi connectivity index (χ2n) is 6.72. The van der Waals surface area contributed by atoms with E-state index in [0.29, 0.717) is 12.3 Å². The second-order valence-corrected chi connectivity index (χ2v) is 6.72. The van der Waals surface area contributed by atoms with Gasteiger partial charge in [-0.15, -0.1) is 0 Å². The molecule has 7 heteroatoms. The summed E-state index contributed by atoms with van der Waals surface area (Å²) in [6.45, 7) is 4.11. The Morgan fingerprint density at radius 3 is 2.86 bits per heavy atom. The van der Waals surface area contributed by atoms with Gasteiger partial charge in [-0.1, -0.05) is 0 Å². The SMILES string of the molecule is CCOC(=O)Nc1ccc2c(ccn2-c2ccc(OC3CCNCC3)cn2)c1. The topological polar surface area (TPSA) is 77.4 Å². The molecule has 0 saturated carbocycles. The normalized spacial score (nSPS) is 14.8. The fraction of sp³-hybridized carbons (Fsp3) is 0.333. The number of benzene rings is 1. The van der Waals surface area contributed by atoms with E-state index in [4.69, 9.17) is 9.47 Å². The van der Waals surface area contributed by atoms with E-state index in [1.807, 2.05) is 47.2 Å². The molecule has 1 aliphatic rings. The van der Waals surface area contributed by atoms with E-state index in [1.165, 1.54) is 0 Å². The molecule has 28 heavy (non-hydrogen) atoms. The zero-order chi connectivity index (χ0) is 19.3. The first-order chi connectivity index (χ1) is 13.7. The zero-order valence-corrected chi connectivity index (χ0v) is 15.9. The number of carbonyl (C=O) groups excluding carboxylic acids is 1. The van der Waals surface area contributed by atoms with Gasteiger partial charge in [-0.2, -0.15) is 0 Å². The number of hydrogen-bond donors (Lipinski definition) is 2. The van der Waals surface area contributed by atoms with Crippen LogP contribution >= 0.6 is 0 Å². The van der Waals surface area contributed by atoms with Crippen molar-refractivity contribution < 1.29 is 14.3 Å². The van der Waals surface area contributed by atoms with E-state index in [9.17, 15) is 4.79 Å². The fourth-order valence-corrected chi connectivity index (χ4v) is 3.40. The molecule has 3 aromatic rings. The number of pyridine rings is 1. The number of fused-ring (bicyclic) bond motifs is 1. The van der Waals surface area contributed by atoms with Crippen molar-refractivity contribution in [3.63, 3.8) is 0 Å². The maximum atomic E-state index is 11.6. The molecule has 1 fully saturated rings. The van der Waals surface area contributed by atoms with Crippen molar-refractivity contribution in [2.24, 2.45) is 0 Å². The van der Waals surface area contributed by atoms with Gasteiger partial charge in [-0.25, -0.2) is 9.78 Å². The third kappa shape index (κ3) is 4.09. The zero-order valence-electron chi connectivity index (χ0n) is 15.9. The van der Waals surface area contributed by atoms with Crippen LogP contribution in [0.15, 0.2) is 48.8 Å². The van der Waals surface area contributed by atoms with E-state index in [1.54, 1.807) is 13.1 Å². The standard InChI is InChI=1S/C21H24N4O3/c1-2-27-21(26)24-16-3-5-19-15(13-16)9-12-25(19)20-6-4-18(14-23-20)28-17-7-10-22-11-8-17/h3-6,9,12-14,17,22H,2,7-8,10-11H2,1H3,(H,24,26). The molecule has 7 nitrogen and oxygen atoms in total. The first-order valence-corrected chi connectivity index (χ1v) is 9.61. The van der Waals surface area contributed by atoms with E-state index in [0.717, 1.165) is 48.4 Å². The maximum absolute atomic E-state index is 11.6. The molecule has 0 bridgehead atoms. The van der Waals surface area contributed by atoms with Crippen LogP contribution in [0.25, 0.3) is 16.7 Å². The molecule has 2 N–H and O–H groups in total. The first kappa shape index (κ1) is 18.3. The largest absolute Gasteiger partial charge is 0.489 e. The van der Waals surface area contributed by atoms with E-state index >= 15 is 0 Å². The number of nitrogens with one attached hydrogen (secondary N) is 2. The van der Waals surface area contributed by atoms with Crippen LogP contribution in [0.5, 0.6) is 5.75 Å². The van der Waals surface area contributed by atoms with E-state index in [-0.39, 0.29) is 6.10 Å². The number of anilines is 1. The number of piperidine rings is 1. The Balaban J connectivity index is 1.49. The molecular weight excluding hydrogens is 356 g/mol. The number of ether oxygens (including phenoxy) is 2. The molecule has 1 aliphatic heterocycles. The smallest absolute Gasteiger partial charge is 0.411 e. The summed E-state index contributed by atoms with van der Waals surface area (Å²) in [5, 5.41) is 7.07. The van der Waals surface area contributed by atoms with Crippen LogP contribution in [0.4, 0.5) is 10.5 Å². The minimum Gasteiger partial charge on any atom is -0.489 e. The summed E-state index contributed by atoms with van der Waals surface area (Å²) in [7, 11) is 0. The number of hydrogen-bond acceptors (Lipinski definition) is 5. The molecule has 0 spiro atoms. The number of carbonyl (C=O) groups is 1. The molecule has 0 radical (unpaired) electrons. The Hall–Kier alpha value is -3.06. The molecule has 1 saturated heterocycles. The van der Waals surface area contributed by atoms with Gasteiger partial charge in [-0.05, 0) is 69.3 Å². The Kier molecular flexibility index (Phi) is 5.43. The minimum absolute atomic E-state index is 0.256. The highest BCUT2D eigenvalue weighted by Gasteiger charge is 2.14. The monoisotopic (exact) mass is 380 g/mol. The maximum Gasteiger partial charge on any atom is 0.411 e.